The summed E-state index contributed by atoms with van der Waals surface area (Å²) in [4.78, 5) is 2.19. The van der Waals surface area contributed by atoms with Gasteiger partial charge in [-0.25, -0.2) is 0 Å². The van der Waals surface area contributed by atoms with Crippen molar-refractivity contribution in [3.05, 3.63) is 265 Å². The summed E-state index contributed by atoms with van der Waals surface area (Å²) in [6, 6.07) is 66.2. The van der Waals surface area contributed by atoms with Gasteiger partial charge in [0.25, 0.3) is 0 Å². The zero-order valence-corrected chi connectivity index (χ0v) is 34.3. The van der Waals surface area contributed by atoms with Gasteiger partial charge in [0.2, 0.25) is 0 Å². The van der Waals surface area contributed by atoms with E-state index in [-0.39, 0.29) is 0 Å². The first-order chi connectivity index (χ1) is 30.0. The summed E-state index contributed by atoms with van der Waals surface area (Å²) in [7, 11) is 0. The molecule has 7 rings (SSSR count). The zero-order chi connectivity index (χ0) is 42.7. The lowest BCUT2D eigenvalue weighted by Crippen LogP contribution is -2.09. The van der Waals surface area contributed by atoms with Crippen LogP contribution in [0.5, 0.6) is 0 Å². The summed E-state index contributed by atoms with van der Waals surface area (Å²) >= 11 is 0. The van der Waals surface area contributed by atoms with Gasteiger partial charge in [0, 0.05) is 28.4 Å². The molecule has 7 aromatic carbocycles. The molecule has 61 heavy (non-hydrogen) atoms. The van der Waals surface area contributed by atoms with Gasteiger partial charge in [-0.15, -0.1) is 6.42 Å². The van der Waals surface area contributed by atoms with Gasteiger partial charge in [-0.05, 0) is 130 Å². The number of allylic oxidation sites excluding steroid dienone is 8. The van der Waals surface area contributed by atoms with Gasteiger partial charge in [0.15, 0.2) is 0 Å². The topological polar surface area (TPSA) is 39.1 Å². The number of terminal acetylenes is 1. The van der Waals surface area contributed by atoms with Crippen molar-refractivity contribution in [2.75, 3.05) is 10.2 Å². The SMILES string of the molecule is C#C/C=C(\C=C(/C)c1ccccc1)C(/C=C)=C/C=C.N#Cc1ccc(N(c2ccccc2)c2ccc(/C=C/c3ccc(-c4ccc(Nc5ccccc5)cc4)cc3)cc2)cc1. The molecule has 0 fully saturated rings. The van der Waals surface area contributed by atoms with Crippen molar-refractivity contribution >= 4 is 46.2 Å². The van der Waals surface area contributed by atoms with Gasteiger partial charge in [-0.1, -0.05) is 171 Å². The van der Waals surface area contributed by atoms with Crippen LogP contribution in [0.3, 0.4) is 0 Å². The van der Waals surface area contributed by atoms with E-state index in [0.717, 1.165) is 56.3 Å². The molecule has 0 amide bonds. The summed E-state index contributed by atoms with van der Waals surface area (Å²) in [5, 5.41) is 12.6. The highest BCUT2D eigenvalue weighted by Gasteiger charge is 2.12. The molecule has 0 heterocycles. The van der Waals surface area contributed by atoms with Crippen LogP contribution in [0.1, 0.15) is 29.2 Å². The van der Waals surface area contributed by atoms with Crippen LogP contribution in [0.15, 0.2) is 243 Å². The lowest BCUT2D eigenvalue weighted by Gasteiger charge is -2.25. The lowest BCUT2D eigenvalue weighted by atomic mass is 9.99. The Morgan fingerprint density at radius 2 is 1.05 bits per heavy atom. The Morgan fingerprint density at radius 1 is 0.574 bits per heavy atom. The highest BCUT2D eigenvalue weighted by molar-refractivity contribution is 5.79. The van der Waals surface area contributed by atoms with E-state index in [2.05, 4.69) is 170 Å². The number of anilines is 5. The minimum Gasteiger partial charge on any atom is -0.356 e. The van der Waals surface area contributed by atoms with Crippen molar-refractivity contribution < 1.29 is 0 Å². The van der Waals surface area contributed by atoms with Gasteiger partial charge in [0.05, 0.1) is 11.6 Å². The number of nitriles is 1. The molecule has 3 nitrogen and oxygen atoms in total. The number of hydrogen-bond donors (Lipinski definition) is 1. The molecule has 0 spiro atoms. The second kappa shape index (κ2) is 22.0. The largest absolute Gasteiger partial charge is 0.356 e. The number of benzene rings is 7. The van der Waals surface area contributed by atoms with E-state index in [4.69, 9.17) is 6.42 Å². The van der Waals surface area contributed by atoms with Crippen molar-refractivity contribution in [2.24, 2.45) is 0 Å². The maximum Gasteiger partial charge on any atom is 0.0991 e. The molecule has 0 radical (unpaired) electrons. The molecule has 0 aliphatic carbocycles. The Hall–Kier alpha value is -8.37. The first kappa shape index (κ1) is 42.2. The van der Waals surface area contributed by atoms with Crippen molar-refractivity contribution in [1.82, 2.24) is 0 Å². The molecule has 0 saturated carbocycles. The lowest BCUT2D eigenvalue weighted by molar-refractivity contribution is 1.28. The molecule has 0 aliphatic rings. The maximum atomic E-state index is 9.21. The van der Waals surface area contributed by atoms with E-state index in [1.54, 1.807) is 18.2 Å². The molecule has 1 N–H and O–H groups in total. The molecule has 0 aromatic heterocycles. The monoisotopic (exact) mass is 785 g/mol. The standard InChI is InChI=1S/C39H29N3.C19H18/c40-29-32-17-27-39(28-18-32)42(37-9-5-2-6-10-37)38-25-15-31(16-26-38)12-11-30-13-19-33(20-14-30)34-21-23-36(24-22-34)41-35-7-3-1-4-8-35;1-5-11-17(7-3)19(12-6-2)15-16(4)18-13-9-8-10-14-18/h1-28,41H;2,5,7-15H,1,3H2,4H3/b12-11+;16-15+,17-11+,19-12+. The number of nitrogens with one attached hydrogen (secondary N) is 1. The fourth-order valence-electron chi connectivity index (χ4n) is 6.58. The van der Waals surface area contributed by atoms with Crippen LogP contribution in [0.2, 0.25) is 0 Å². The maximum absolute atomic E-state index is 9.21. The van der Waals surface area contributed by atoms with Crippen molar-refractivity contribution in [1.29, 1.82) is 5.26 Å². The van der Waals surface area contributed by atoms with E-state index in [0.29, 0.717) is 5.56 Å². The minimum absolute atomic E-state index is 0.648. The van der Waals surface area contributed by atoms with Gasteiger partial charge >= 0.3 is 0 Å². The zero-order valence-electron chi connectivity index (χ0n) is 34.3. The van der Waals surface area contributed by atoms with Crippen LogP contribution >= 0.6 is 0 Å². The van der Waals surface area contributed by atoms with E-state index < -0.39 is 0 Å². The Kier molecular flexibility index (Phi) is 15.2. The Morgan fingerprint density at radius 3 is 1.57 bits per heavy atom. The summed E-state index contributed by atoms with van der Waals surface area (Å²) in [6.07, 6.45) is 18.9. The Bertz CT molecular complexity index is 2710. The number of nitrogens with zero attached hydrogens (tertiary/aromatic N) is 2. The fraction of sp³-hybridized carbons (Fsp3) is 0.0172. The molecule has 7 aromatic rings. The van der Waals surface area contributed by atoms with Crippen LogP contribution < -0.4 is 10.2 Å². The number of para-hydroxylation sites is 2. The summed E-state index contributed by atoms with van der Waals surface area (Å²) < 4.78 is 0. The normalized spacial score (nSPS) is 11.4. The molecular weight excluding hydrogens is 739 g/mol. The molecule has 0 saturated heterocycles. The second-order valence-corrected chi connectivity index (χ2v) is 14.0. The number of hydrogen-bond acceptors (Lipinski definition) is 3. The molecule has 3 heteroatoms. The Labute approximate surface area is 361 Å². The second-order valence-electron chi connectivity index (χ2n) is 14.0. The molecule has 0 atom stereocenters. The van der Waals surface area contributed by atoms with Gasteiger partial charge in [-0.2, -0.15) is 5.26 Å². The van der Waals surface area contributed by atoms with E-state index in [9.17, 15) is 5.26 Å². The fourth-order valence-corrected chi connectivity index (χ4v) is 6.58. The Balaban J connectivity index is 0.000000276. The third-order valence-electron chi connectivity index (χ3n) is 9.77. The van der Waals surface area contributed by atoms with E-state index in [1.165, 1.54) is 16.7 Å². The highest BCUT2D eigenvalue weighted by Crippen LogP contribution is 2.35. The predicted octanol–water partition coefficient (Wildman–Crippen LogP) is 15.6. The molecule has 0 aliphatic heterocycles. The summed E-state index contributed by atoms with van der Waals surface area (Å²) in [5.74, 6) is 2.57. The van der Waals surface area contributed by atoms with Gasteiger partial charge in [0.1, 0.15) is 0 Å². The van der Waals surface area contributed by atoms with Crippen molar-refractivity contribution in [2.45, 2.75) is 6.92 Å². The highest BCUT2D eigenvalue weighted by atomic mass is 15.1. The van der Waals surface area contributed by atoms with E-state index >= 15 is 0 Å². The third-order valence-corrected chi connectivity index (χ3v) is 9.77. The number of rotatable bonds is 13. The first-order valence-corrected chi connectivity index (χ1v) is 20.0. The van der Waals surface area contributed by atoms with Crippen LogP contribution in [-0.2, 0) is 0 Å². The van der Waals surface area contributed by atoms with Crippen LogP contribution in [0.25, 0.3) is 28.9 Å². The predicted molar refractivity (Wildman–Crippen MR) is 262 cm³/mol. The smallest absolute Gasteiger partial charge is 0.0991 e. The summed E-state index contributed by atoms with van der Waals surface area (Å²) in [6.45, 7) is 9.58. The van der Waals surface area contributed by atoms with Crippen molar-refractivity contribution in [3.63, 3.8) is 0 Å². The van der Waals surface area contributed by atoms with Gasteiger partial charge in [-0.3, -0.25) is 0 Å². The molecule has 0 bridgehead atoms. The summed E-state index contributed by atoms with van der Waals surface area (Å²) in [5.41, 5.74) is 14.8. The van der Waals surface area contributed by atoms with E-state index in [1.807, 2.05) is 84.9 Å². The third kappa shape index (κ3) is 12.1. The minimum atomic E-state index is 0.648. The molecular formula is C58H47N3. The average Bonchev–Trinajstić information content (AvgIpc) is 3.32. The van der Waals surface area contributed by atoms with Gasteiger partial charge < -0.3 is 10.2 Å². The molecule has 0 unspecified atom stereocenters. The van der Waals surface area contributed by atoms with Crippen LogP contribution in [-0.4, -0.2) is 0 Å². The van der Waals surface area contributed by atoms with Crippen molar-refractivity contribution in [3.8, 4) is 29.5 Å². The molecule has 294 valence electrons. The van der Waals surface area contributed by atoms with Crippen LogP contribution in [0.4, 0.5) is 28.4 Å². The quantitative estimate of drug-likeness (QED) is 0.0719. The van der Waals surface area contributed by atoms with Crippen LogP contribution in [0, 0.1) is 23.7 Å². The first-order valence-electron chi connectivity index (χ1n) is 20.0. The average molecular weight is 786 g/mol.